The predicted molar refractivity (Wildman–Crippen MR) is 122 cm³/mol. The minimum Gasteiger partial charge on any atom is -0.497 e. The number of rotatable bonds is 9. The fourth-order valence-electron chi connectivity index (χ4n) is 2.94. The topological polar surface area (TPSA) is 94.6 Å². The monoisotopic (exact) mass is 460 g/mol. The molecule has 0 atom stereocenters. The zero-order chi connectivity index (χ0) is 22.4. The minimum atomic E-state index is -3.41. The maximum Gasteiger partial charge on any atom is 0.226 e. The lowest BCUT2D eigenvalue weighted by atomic mass is 10.1. The van der Waals surface area contributed by atoms with E-state index in [-0.39, 0.29) is 29.4 Å². The van der Waals surface area contributed by atoms with Crippen LogP contribution in [0.1, 0.15) is 18.4 Å². The number of nitrogens with one attached hydrogen (secondary N) is 1. The van der Waals surface area contributed by atoms with Crippen LogP contribution >= 0.6 is 11.3 Å². The van der Waals surface area contributed by atoms with E-state index < -0.39 is 9.84 Å². The second kappa shape index (κ2) is 9.93. The fraction of sp³-hybridized carbons (Fsp3) is 0.273. The molecule has 0 aliphatic rings. The molecule has 2 aromatic carbocycles. The van der Waals surface area contributed by atoms with Crippen LogP contribution in [0.5, 0.6) is 11.5 Å². The molecule has 1 N–H and O–H groups in total. The third-order valence-corrected chi connectivity index (χ3v) is 7.20. The number of aromatic nitrogens is 1. The van der Waals surface area contributed by atoms with Crippen LogP contribution < -0.4 is 14.8 Å². The Bertz CT molecular complexity index is 1150. The minimum absolute atomic E-state index is 0.0858. The Kier molecular flexibility index (Phi) is 7.29. The zero-order valence-electron chi connectivity index (χ0n) is 17.5. The molecule has 0 fully saturated rings. The first-order chi connectivity index (χ1) is 14.8. The van der Waals surface area contributed by atoms with Crippen LogP contribution in [-0.2, 0) is 14.6 Å². The van der Waals surface area contributed by atoms with E-state index in [1.54, 1.807) is 50.6 Å². The second-order valence-corrected chi connectivity index (χ2v) is 9.86. The van der Waals surface area contributed by atoms with Gasteiger partial charge in [-0.1, -0.05) is 17.7 Å². The molecule has 0 spiro atoms. The number of ether oxygens (including phenoxy) is 2. The van der Waals surface area contributed by atoms with E-state index in [2.05, 4.69) is 10.3 Å². The van der Waals surface area contributed by atoms with E-state index in [0.29, 0.717) is 22.3 Å². The molecule has 3 rings (SSSR count). The summed E-state index contributed by atoms with van der Waals surface area (Å²) >= 11 is 1.28. The molecule has 0 saturated heterocycles. The van der Waals surface area contributed by atoms with E-state index in [1.807, 2.05) is 18.4 Å². The van der Waals surface area contributed by atoms with Crippen LogP contribution in [0.4, 0.5) is 5.13 Å². The van der Waals surface area contributed by atoms with Crippen molar-refractivity contribution in [3.05, 3.63) is 53.4 Å². The maximum atomic E-state index is 12.4. The summed E-state index contributed by atoms with van der Waals surface area (Å²) in [4.78, 5) is 17.0. The third-order valence-electron chi connectivity index (χ3n) is 4.63. The molecular weight excluding hydrogens is 436 g/mol. The van der Waals surface area contributed by atoms with Crippen molar-refractivity contribution >= 4 is 32.2 Å². The quantitative estimate of drug-likeness (QED) is 0.511. The molecule has 0 bridgehead atoms. The predicted octanol–water partition coefficient (Wildman–Crippen LogP) is 4.33. The second-order valence-electron chi connectivity index (χ2n) is 6.89. The number of methoxy groups -OCH3 is 2. The molecule has 1 heterocycles. The molecule has 0 aliphatic carbocycles. The van der Waals surface area contributed by atoms with E-state index in [1.165, 1.54) is 11.3 Å². The van der Waals surface area contributed by atoms with Gasteiger partial charge in [0.1, 0.15) is 11.5 Å². The fourth-order valence-corrected chi connectivity index (χ4v) is 4.97. The number of nitrogens with zero attached hydrogens (tertiary/aromatic N) is 1. The lowest BCUT2D eigenvalue weighted by Crippen LogP contribution is -2.14. The number of hydrogen-bond donors (Lipinski definition) is 1. The van der Waals surface area contributed by atoms with E-state index in [9.17, 15) is 13.2 Å². The van der Waals surface area contributed by atoms with Crippen LogP contribution in [0, 0.1) is 6.92 Å². The molecule has 0 unspecified atom stereocenters. The van der Waals surface area contributed by atoms with E-state index in [0.717, 1.165) is 11.1 Å². The Labute approximate surface area is 186 Å². The Balaban J connectivity index is 1.59. The summed E-state index contributed by atoms with van der Waals surface area (Å²) in [5.74, 6) is 0.945. The van der Waals surface area contributed by atoms with Crippen LogP contribution in [0.15, 0.2) is 52.7 Å². The summed E-state index contributed by atoms with van der Waals surface area (Å²) in [5, 5.41) is 4.98. The van der Waals surface area contributed by atoms with Crippen molar-refractivity contribution in [1.29, 1.82) is 0 Å². The lowest BCUT2D eigenvalue weighted by molar-refractivity contribution is -0.116. The first-order valence-electron chi connectivity index (χ1n) is 9.59. The van der Waals surface area contributed by atoms with Gasteiger partial charge in [0.05, 0.1) is 30.6 Å². The number of aryl methyl sites for hydroxylation is 1. The highest BCUT2D eigenvalue weighted by atomic mass is 32.2. The average molecular weight is 461 g/mol. The van der Waals surface area contributed by atoms with Gasteiger partial charge in [0.25, 0.3) is 0 Å². The third kappa shape index (κ3) is 5.83. The molecule has 1 aromatic heterocycles. The molecule has 164 valence electrons. The number of thiazole rings is 1. The Morgan fingerprint density at radius 3 is 2.52 bits per heavy atom. The van der Waals surface area contributed by atoms with E-state index in [4.69, 9.17) is 9.47 Å². The van der Waals surface area contributed by atoms with E-state index >= 15 is 0 Å². The number of amides is 1. The summed E-state index contributed by atoms with van der Waals surface area (Å²) in [6.07, 6.45) is 0.312. The number of benzene rings is 2. The van der Waals surface area contributed by atoms with Crippen molar-refractivity contribution in [1.82, 2.24) is 4.98 Å². The van der Waals surface area contributed by atoms with Gasteiger partial charge in [0.15, 0.2) is 15.0 Å². The molecule has 1 amide bonds. The standard InChI is InChI=1S/C22H24N2O5S2/c1-15-6-9-17(10-7-15)31(26,27)12-4-5-21(25)24-22-23-19(14-30-22)18-13-16(28-2)8-11-20(18)29-3/h6-11,13-14H,4-5,12H2,1-3H3,(H,23,24,25). The van der Waals surface area contributed by atoms with Crippen LogP contribution in [0.25, 0.3) is 11.3 Å². The van der Waals surface area contributed by atoms with Gasteiger partial charge < -0.3 is 14.8 Å². The van der Waals surface area contributed by atoms with Gasteiger partial charge in [-0.25, -0.2) is 13.4 Å². The largest absolute Gasteiger partial charge is 0.497 e. The average Bonchev–Trinajstić information content (AvgIpc) is 3.21. The molecule has 0 saturated carbocycles. The molecule has 7 nitrogen and oxygen atoms in total. The number of anilines is 1. The van der Waals surface area contributed by atoms with Crippen molar-refractivity contribution in [2.45, 2.75) is 24.7 Å². The van der Waals surface area contributed by atoms with Crippen molar-refractivity contribution in [3.63, 3.8) is 0 Å². The summed E-state index contributed by atoms with van der Waals surface area (Å²) in [7, 11) is -0.255. The summed E-state index contributed by atoms with van der Waals surface area (Å²) in [6, 6.07) is 12.1. The maximum absolute atomic E-state index is 12.4. The van der Waals surface area contributed by atoms with Crippen molar-refractivity contribution in [2.75, 3.05) is 25.3 Å². The Hall–Kier alpha value is -2.91. The highest BCUT2D eigenvalue weighted by Crippen LogP contribution is 2.35. The summed E-state index contributed by atoms with van der Waals surface area (Å²) in [5.41, 5.74) is 2.40. The molecule has 9 heteroatoms. The highest BCUT2D eigenvalue weighted by Gasteiger charge is 2.16. The molecule has 31 heavy (non-hydrogen) atoms. The van der Waals surface area contributed by atoms with Gasteiger partial charge >= 0.3 is 0 Å². The summed E-state index contributed by atoms with van der Waals surface area (Å²) < 4.78 is 35.4. The van der Waals surface area contributed by atoms with Crippen molar-refractivity contribution in [2.24, 2.45) is 0 Å². The van der Waals surface area contributed by atoms with Crippen molar-refractivity contribution in [3.8, 4) is 22.8 Å². The van der Waals surface area contributed by atoms with Crippen molar-refractivity contribution < 1.29 is 22.7 Å². The molecule has 3 aromatic rings. The number of sulfone groups is 1. The van der Waals surface area contributed by atoms with Gasteiger partial charge in [-0.3, -0.25) is 4.79 Å². The smallest absolute Gasteiger partial charge is 0.226 e. The Morgan fingerprint density at radius 1 is 1.10 bits per heavy atom. The van der Waals surface area contributed by atoms with Gasteiger partial charge in [-0.2, -0.15) is 0 Å². The van der Waals surface area contributed by atoms with Gasteiger partial charge in [0.2, 0.25) is 5.91 Å². The van der Waals surface area contributed by atoms with Gasteiger partial charge in [-0.05, 0) is 43.7 Å². The highest BCUT2D eigenvalue weighted by molar-refractivity contribution is 7.91. The first-order valence-corrected chi connectivity index (χ1v) is 12.1. The van der Waals surface area contributed by atoms with Gasteiger partial charge in [0, 0.05) is 17.4 Å². The lowest BCUT2D eigenvalue weighted by Gasteiger charge is -2.08. The normalized spacial score (nSPS) is 11.2. The number of hydrogen-bond acceptors (Lipinski definition) is 7. The molecular formula is C22H24N2O5S2. The number of carbonyl (C=O) groups excluding carboxylic acids is 1. The zero-order valence-corrected chi connectivity index (χ0v) is 19.2. The number of carbonyl (C=O) groups is 1. The Morgan fingerprint density at radius 2 is 1.84 bits per heavy atom. The van der Waals surface area contributed by atoms with Gasteiger partial charge in [-0.15, -0.1) is 11.3 Å². The summed E-state index contributed by atoms with van der Waals surface area (Å²) in [6.45, 7) is 1.90. The van der Waals surface area contributed by atoms with Crippen LogP contribution in [0.2, 0.25) is 0 Å². The molecule has 0 aliphatic heterocycles. The molecule has 0 radical (unpaired) electrons. The van der Waals surface area contributed by atoms with Crippen LogP contribution in [0.3, 0.4) is 0 Å². The van der Waals surface area contributed by atoms with Crippen LogP contribution in [-0.4, -0.2) is 39.3 Å². The first kappa shape index (κ1) is 22.8. The SMILES string of the molecule is COc1ccc(OC)c(-c2csc(NC(=O)CCCS(=O)(=O)c3ccc(C)cc3)n2)c1.